The standard InChI is InChI=1S/C10H7BrN2OS/c11-13(10-12-6-7-15-10)9(14)8-4-2-1-3-5-8/h1-7H. The van der Waals surface area contributed by atoms with E-state index in [4.69, 9.17) is 0 Å². The first-order chi connectivity index (χ1) is 7.29. The summed E-state index contributed by atoms with van der Waals surface area (Å²) in [6.07, 6.45) is 1.66. The largest absolute Gasteiger partial charge is 0.270 e. The monoisotopic (exact) mass is 282 g/mol. The average molecular weight is 283 g/mol. The third-order valence-corrected chi connectivity index (χ3v) is 3.44. The molecular weight excluding hydrogens is 276 g/mol. The molecule has 3 nitrogen and oxygen atoms in total. The molecule has 1 amide bonds. The van der Waals surface area contributed by atoms with E-state index in [1.54, 1.807) is 18.3 Å². The second kappa shape index (κ2) is 4.55. The Morgan fingerprint density at radius 1 is 1.33 bits per heavy atom. The number of hydrogen-bond donors (Lipinski definition) is 0. The van der Waals surface area contributed by atoms with Crippen molar-refractivity contribution in [1.29, 1.82) is 0 Å². The molecule has 0 radical (unpaired) electrons. The summed E-state index contributed by atoms with van der Waals surface area (Å²) in [6.45, 7) is 0. The highest BCUT2D eigenvalue weighted by atomic mass is 79.9. The number of rotatable bonds is 2. The van der Waals surface area contributed by atoms with Gasteiger partial charge in [0.1, 0.15) is 0 Å². The van der Waals surface area contributed by atoms with Crippen molar-refractivity contribution in [3.8, 4) is 0 Å². The van der Waals surface area contributed by atoms with Gasteiger partial charge in [-0.3, -0.25) is 4.79 Å². The van der Waals surface area contributed by atoms with Gasteiger partial charge in [-0.1, -0.05) is 18.2 Å². The number of nitrogens with zero attached hydrogens (tertiary/aromatic N) is 2. The lowest BCUT2D eigenvalue weighted by molar-refractivity contribution is 0.101. The zero-order valence-electron chi connectivity index (χ0n) is 7.63. The molecule has 1 aromatic heterocycles. The summed E-state index contributed by atoms with van der Waals surface area (Å²) >= 11 is 4.60. The van der Waals surface area contributed by atoms with E-state index in [0.29, 0.717) is 10.7 Å². The average Bonchev–Trinajstić information content (AvgIpc) is 2.82. The number of hydrogen-bond acceptors (Lipinski definition) is 3. The van der Waals surface area contributed by atoms with Gasteiger partial charge >= 0.3 is 0 Å². The van der Waals surface area contributed by atoms with Crippen molar-refractivity contribution < 1.29 is 4.79 Å². The fraction of sp³-hybridized carbons (Fsp3) is 0. The Balaban J connectivity index is 2.23. The number of thiazole rings is 1. The molecule has 1 heterocycles. The summed E-state index contributed by atoms with van der Waals surface area (Å²) in [5, 5.41) is 2.45. The molecule has 0 fully saturated rings. The number of anilines is 1. The fourth-order valence-corrected chi connectivity index (χ4v) is 2.18. The molecule has 0 saturated carbocycles. The van der Waals surface area contributed by atoms with Crippen molar-refractivity contribution in [3.05, 3.63) is 47.5 Å². The Morgan fingerprint density at radius 2 is 2.07 bits per heavy atom. The third kappa shape index (κ3) is 2.24. The Morgan fingerprint density at radius 3 is 2.67 bits per heavy atom. The third-order valence-electron chi connectivity index (χ3n) is 1.79. The van der Waals surface area contributed by atoms with Crippen molar-refractivity contribution >= 4 is 38.5 Å². The fourth-order valence-electron chi connectivity index (χ4n) is 1.09. The van der Waals surface area contributed by atoms with Gasteiger partial charge in [0.25, 0.3) is 5.91 Å². The second-order valence-electron chi connectivity index (χ2n) is 2.77. The summed E-state index contributed by atoms with van der Waals surface area (Å²) in [4.78, 5) is 15.9. The van der Waals surface area contributed by atoms with Crippen molar-refractivity contribution in [1.82, 2.24) is 4.98 Å². The number of carbonyl (C=O) groups excluding carboxylic acids is 1. The van der Waals surface area contributed by atoms with E-state index in [2.05, 4.69) is 21.1 Å². The molecule has 0 atom stereocenters. The Labute approximate surface area is 99.7 Å². The summed E-state index contributed by atoms with van der Waals surface area (Å²) < 4.78 is 1.37. The predicted octanol–water partition coefficient (Wildman–Crippen LogP) is 3.10. The van der Waals surface area contributed by atoms with Gasteiger partial charge in [-0.25, -0.2) is 8.91 Å². The van der Waals surface area contributed by atoms with Crippen LogP contribution in [0.1, 0.15) is 10.4 Å². The molecule has 2 aromatic rings. The maximum absolute atomic E-state index is 11.9. The molecule has 2 rings (SSSR count). The summed E-state index contributed by atoms with van der Waals surface area (Å²) in [7, 11) is 0. The van der Waals surface area contributed by atoms with Crippen LogP contribution in [0, 0.1) is 0 Å². The SMILES string of the molecule is O=C(c1ccccc1)N(Br)c1nccs1. The van der Waals surface area contributed by atoms with Crippen molar-refractivity contribution in [2.75, 3.05) is 3.93 Å². The van der Waals surface area contributed by atoms with Crippen LogP contribution >= 0.6 is 27.5 Å². The van der Waals surface area contributed by atoms with Crippen molar-refractivity contribution in [2.24, 2.45) is 0 Å². The molecule has 0 aliphatic heterocycles. The van der Waals surface area contributed by atoms with Gasteiger partial charge in [-0.05, 0) is 12.1 Å². The number of halogens is 1. The Hall–Kier alpha value is -1.20. The smallest absolute Gasteiger partial charge is 0.268 e. The lowest BCUT2D eigenvalue weighted by Crippen LogP contribution is -2.19. The second-order valence-corrected chi connectivity index (χ2v) is 4.35. The van der Waals surface area contributed by atoms with Gasteiger partial charge in [0, 0.05) is 17.1 Å². The van der Waals surface area contributed by atoms with E-state index in [-0.39, 0.29) is 5.91 Å². The minimum absolute atomic E-state index is 0.120. The molecule has 0 unspecified atom stereocenters. The number of aromatic nitrogens is 1. The maximum atomic E-state index is 11.9. The normalized spacial score (nSPS) is 9.93. The van der Waals surface area contributed by atoms with Gasteiger partial charge in [0.15, 0.2) is 0 Å². The van der Waals surface area contributed by atoms with Gasteiger partial charge in [-0.15, -0.1) is 11.3 Å². The minimum atomic E-state index is -0.120. The molecule has 0 N–H and O–H groups in total. The quantitative estimate of drug-likeness (QED) is 0.793. The van der Waals surface area contributed by atoms with Crippen molar-refractivity contribution in [3.63, 3.8) is 0 Å². The molecule has 76 valence electrons. The van der Waals surface area contributed by atoms with E-state index >= 15 is 0 Å². The predicted molar refractivity (Wildman–Crippen MR) is 64.3 cm³/mol. The van der Waals surface area contributed by atoms with Crippen LogP contribution in [0.25, 0.3) is 0 Å². The van der Waals surface area contributed by atoms with Crippen LogP contribution in [0.15, 0.2) is 41.9 Å². The van der Waals surface area contributed by atoms with E-state index in [1.807, 2.05) is 23.6 Å². The molecule has 0 aliphatic rings. The summed E-state index contributed by atoms with van der Waals surface area (Å²) in [6, 6.07) is 9.07. The van der Waals surface area contributed by atoms with Crippen molar-refractivity contribution in [2.45, 2.75) is 0 Å². The number of amides is 1. The van der Waals surface area contributed by atoms with Crippen LogP contribution in [0.4, 0.5) is 5.13 Å². The first kappa shape index (κ1) is 10.3. The van der Waals surface area contributed by atoms with Crippen LogP contribution in [-0.4, -0.2) is 10.9 Å². The molecule has 15 heavy (non-hydrogen) atoms. The summed E-state index contributed by atoms with van der Waals surface area (Å²) in [5.74, 6) is -0.120. The highest BCUT2D eigenvalue weighted by Gasteiger charge is 2.16. The summed E-state index contributed by atoms with van der Waals surface area (Å²) in [5.41, 5.74) is 0.629. The highest BCUT2D eigenvalue weighted by Crippen LogP contribution is 2.22. The zero-order chi connectivity index (χ0) is 10.7. The van der Waals surface area contributed by atoms with Crippen LogP contribution in [0.3, 0.4) is 0 Å². The van der Waals surface area contributed by atoms with E-state index in [9.17, 15) is 4.79 Å². The maximum Gasteiger partial charge on any atom is 0.270 e. The van der Waals surface area contributed by atoms with E-state index in [1.165, 1.54) is 15.3 Å². The van der Waals surface area contributed by atoms with Crippen LogP contribution in [0.2, 0.25) is 0 Å². The topological polar surface area (TPSA) is 33.2 Å². The van der Waals surface area contributed by atoms with Crippen LogP contribution in [-0.2, 0) is 0 Å². The molecule has 0 bridgehead atoms. The Kier molecular flexibility index (Phi) is 3.13. The molecule has 0 aliphatic carbocycles. The highest BCUT2D eigenvalue weighted by molar-refractivity contribution is 9.10. The first-order valence-corrected chi connectivity index (χ1v) is 5.82. The van der Waals surface area contributed by atoms with E-state index in [0.717, 1.165) is 0 Å². The first-order valence-electron chi connectivity index (χ1n) is 4.24. The van der Waals surface area contributed by atoms with Crippen LogP contribution < -0.4 is 3.93 Å². The number of carbonyl (C=O) groups is 1. The minimum Gasteiger partial charge on any atom is -0.268 e. The zero-order valence-corrected chi connectivity index (χ0v) is 10.0. The lowest BCUT2D eigenvalue weighted by Gasteiger charge is -2.10. The van der Waals surface area contributed by atoms with Gasteiger partial charge in [0.05, 0.1) is 16.1 Å². The van der Waals surface area contributed by atoms with Gasteiger partial charge in [-0.2, -0.15) is 0 Å². The molecular formula is C10H7BrN2OS. The van der Waals surface area contributed by atoms with Gasteiger partial charge in [0.2, 0.25) is 5.13 Å². The molecule has 5 heteroatoms. The van der Waals surface area contributed by atoms with Gasteiger partial charge < -0.3 is 0 Å². The lowest BCUT2D eigenvalue weighted by atomic mass is 10.2. The van der Waals surface area contributed by atoms with Crippen LogP contribution in [0.5, 0.6) is 0 Å². The molecule has 0 spiro atoms. The molecule has 1 aromatic carbocycles. The van der Waals surface area contributed by atoms with E-state index < -0.39 is 0 Å². The molecule has 0 saturated heterocycles. The number of benzene rings is 1. The Bertz CT molecular complexity index is 444.